The number of carbonyl (C=O) groups excluding carboxylic acids is 2. The van der Waals surface area contributed by atoms with Crippen molar-refractivity contribution in [2.75, 3.05) is 20.2 Å². The molecule has 0 aliphatic rings. The molecule has 5 nitrogen and oxygen atoms in total. The van der Waals surface area contributed by atoms with Crippen LogP contribution in [0.1, 0.15) is 45.6 Å². The summed E-state index contributed by atoms with van der Waals surface area (Å²) in [5, 5.41) is 0. The minimum Gasteiger partial charge on any atom is -0.491 e. The summed E-state index contributed by atoms with van der Waals surface area (Å²) in [5.41, 5.74) is 0.898. The average Bonchev–Trinajstić information content (AvgIpc) is 2.59. The monoisotopic (exact) mass is 347 g/mol. The number of ether oxygens (including phenoxy) is 2. The Balaban J connectivity index is 2.73. The fraction of sp³-hybridized carbons (Fsp3) is 0.500. The highest BCUT2D eigenvalue weighted by molar-refractivity contribution is 5.92. The molecular formula is C20H29NO4. The lowest BCUT2D eigenvalue weighted by Gasteiger charge is -2.20. The lowest BCUT2D eigenvalue weighted by molar-refractivity contribution is -0.141. The SMILES string of the molecule is CCCCN(CCC(=O)OC)C(=O)/C=C/c1cccc(OC(C)C)c1. The molecule has 0 radical (unpaired) electrons. The fourth-order valence-corrected chi connectivity index (χ4v) is 2.25. The normalized spacial score (nSPS) is 10.9. The molecule has 0 aliphatic carbocycles. The minimum atomic E-state index is -0.309. The molecule has 0 saturated carbocycles. The highest BCUT2D eigenvalue weighted by atomic mass is 16.5. The molecule has 0 heterocycles. The summed E-state index contributed by atoms with van der Waals surface area (Å²) in [7, 11) is 1.35. The Morgan fingerprint density at radius 2 is 2.00 bits per heavy atom. The van der Waals surface area contributed by atoms with E-state index < -0.39 is 0 Å². The smallest absolute Gasteiger partial charge is 0.307 e. The molecule has 1 aromatic carbocycles. The van der Waals surface area contributed by atoms with E-state index >= 15 is 0 Å². The Kier molecular flexibility index (Phi) is 9.37. The number of esters is 1. The molecule has 0 spiro atoms. The van der Waals surface area contributed by atoms with Gasteiger partial charge in [0, 0.05) is 19.2 Å². The van der Waals surface area contributed by atoms with Gasteiger partial charge in [0.1, 0.15) is 5.75 Å². The summed E-state index contributed by atoms with van der Waals surface area (Å²) in [6, 6.07) is 7.60. The molecule has 0 fully saturated rings. The van der Waals surface area contributed by atoms with Gasteiger partial charge in [-0.05, 0) is 44.0 Å². The molecule has 5 heteroatoms. The van der Waals surface area contributed by atoms with Gasteiger partial charge in [0.2, 0.25) is 5.91 Å². The predicted molar refractivity (Wildman–Crippen MR) is 99.4 cm³/mol. The summed E-state index contributed by atoms with van der Waals surface area (Å²) in [5.74, 6) is 0.363. The predicted octanol–water partition coefficient (Wildman–Crippen LogP) is 3.68. The van der Waals surface area contributed by atoms with Crippen molar-refractivity contribution < 1.29 is 19.1 Å². The quantitative estimate of drug-likeness (QED) is 0.478. The second-order valence-electron chi connectivity index (χ2n) is 6.08. The number of hydrogen-bond acceptors (Lipinski definition) is 4. The van der Waals surface area contributed by atoms with E-state index in [2.05, 4.69) is 11.7 Å². The van der Waals surface area contributed by atoms with Crippen LogP contribution >= 0.6 is 0 Å². The van der Waals surface area contributed by atoms with Crippen molar-refractivity contribution in [3.63, 3.8) is 0 Å². The van der Waals surface area contributed by atoms with Gasteiger partial charge in [0.05, 0.1) is 19.6 Å². The summed E-state index contributed by atoms with van der Waals surface area (Å²) >= 11 is 0. The zero-order valence-corrected chi connectivity index (χ0v) is 15.7. The molecule has 0 atom stereocenters. The van der Waals surface area contributed by atoms with Gasteiger partial charge in [-0.2, -0.15) is 0 Å². The van der Waals surface area contributed by atoms with Crippen LogP contribution in [0.2, 0.25) is 0 Å². The van der Waals surface area contributed by atoms with Crippen molar-refractivity contribution in [1.29, 1.82) is 0 Å². The largest absolute Gasteiger partial charge is 0.491 e. The second kappa shape index (κ2) is 11.3. The van der Waals surface area contributed by atoms with Crippen LogP contribution in [0, 0.1) is 0 Å². The van der Waals surface area contributed by atoms with Gasteiger partial charge in [0.25, 0.3) is 0 Å². The first-order chi connectivity index (χ1) is 12.0. The highest BCUT2D eigenvalue weighted by Gasteiger charge is 2.12. The van der Waals surface area contributed by atoms with Crippen molar-refractivity contribution in [2.24, 2.45) is 0 Å². The Morgan fingerprint density at radius 3 is 2.64 bits per heavy atom. The van der Waals surface area contributed by atoms with Gasteiger partial charge < -0.3 is 14.4 Å². The van der Waals surface area contributed by atoms with Crippen LogP contribution in [-0.2, 0) is 14.3 Å². The van der Waals surface area contributed by atoms with Crippen LogP contribution in [0.25, 0.3) is 6.08 Å². The van der Waals surface area contributed by atoms with Crippen LogP contribution in [-0.4, -0.2) is 43.1 Å². The molecule has 0 aliphatic heterocycles. The molecular weight excluding hydrogens is 318 g/mol. The van der Waals surface area contributed by atoms with Crippen molar-refractivity contribution in [3.05, 3.63) is 35.9 Å². The number of nitrogens with zero attached hydrogens (tertiary/aromatic N) is 1. The number of methoxy groups -OCH3 is 1. The molecule has 0 N–H and O–H groups in total. The van der Waals surface area contributed by atoms with Crippen LogP contribution in [0.5, 0.6) is 5.75 Å². The van der Waals surface area contributed by atoms with E-state index in [1.165, 1.54) is 7.11 Å². The first-order valence-corrected chi connectivity index (χ1v) is 8.76. The van der Waals surface area contributed by atoms with Crippen LogP contribution in [0.3, 0.4) is 0 Å². The molecule has 25 heavy (non-hydrogen) atoms. The Hall–Kier alpha value is -2.30. The van der Waals surface area contributed by atoms with Crippen LogP contribution < -0.4 is 4.74 Å². The number of rotatable bonds is 10. The standard InChI is InChI=1S/C20H29NO4/c1-5-6-13-21(14-12-20(23)24-4)19(22)11-10-17-8-7-9-18(15-17)25-16(2)3/h7-11,15-16H,5-6,12-14H2,1-4H3/b11-10+. The first-order valence-electron chi connectivity index (χ1n) is 8.76. The maximum absolute atomic E-state index is 12.4. The van der Waals surface area contributed by atoms with E-state index in [4.69, 9.17) is 4.74 Å². The molecule has 0 saturated heterocycles. The van der Waals surface area contributed by atoms with E-state index in [-0.39, 0.29) is 24.4 Å². The molecule has 0 bridgehead atoms. The number of unbranched alkanes of at least 4 members (excludes halogenated alkanes) is 1. The van der Waals surface area contributed by atoms with Crippen LogP contribution in [0.15, 0.2) is 30.3 Å². The highest BCUT2D eigenvalue weighted by Crippen LogP contribution is 2.16. The molecule has 0 aromatic heterocycles. The van der Waals surface area contributed by atoms with Gasteiger partial charge in [-0.1, -0.05) is 25.5 Å². The third-order valence-corrected chi connectivity index (χ3v) is 3.56. The van der Waals surface area contributed by atoms with E-state index in [1.807, 2.05) is 38.1 Å². The van der Waals surface area contributed by atoms with Gasteiger partial charge in [-0.25, -0.2) is 0 Å². The molecule has 1 amide bonds. The zero-order valence-electron chi connectivity index (χ0n) is 15.7. The number of carbonyl (C=O) groups is 2. The lowest BCUT2D eigenvalue weighted by Crippen LogP contribution is -2.32. The van der Waals surface area contributed by atoms with Crippen molar-refractivity contribution in [2.45, 2.75) is 46.1 Å². The second-order valence-corrected chi connectivity index (χ2v) is 6.08. The summed E-state index contributed by atoms with van der Waals surface area (Å²) in [6.45, 7) is 7.01. The van der Waals surface area contributed by atoms with Crippen molar-refractivity contribution >= 4 is 18.0 Å². The van der Waals surface area contributed by atoms with Gasteiger partial charge in [-0.15, -0.1) is 0 Å². The van der Waals surface area contributed by atoms with E-state index in [0.29, 0.717) is 13.1 Å². The molecule has 1 rings (SSSR count). The Labute approximate surface area is 150 Å². The lowest BCUT2D eigenvalue weighted by atomic mass is 10.2. The van der Waals surface area contributed by atoms with E-state index in [1.54, 1.807) is 17.1 Å². The van der Waals surface area contributed by atoms with Gasteiger partial charge in [0.15, 0.2) is 0 Å². The summed E-state index contributed by atoms with van der Waals surface area (Å²) in [6.07, 6.45) is 5.51. The minimum absolute atomic E-state index is 0.101. The number of amides is 1. The summed E-state index contributed by atoms with van der Waals surface area (Å²) < 4.78 is 10.3. The average molecular weight is 347 g/mol. The third-order valence-electron chi connectivity index (χ3n) is 3.56. The Morgan fingerprint density at radius 1 is 1.24 bits per heavy atom. The van der Waals surface area contributed by atoms with Crippen molar-refractivity contribution in [3.8, 4) is 5.75 Å². The van der Waals surface area contributed by atoms with Gasteiger partial charge in [-0.3, -0.25) is 9.59 Å². The molecule has 0 unspecified atom stereocenters. The zero-order chi connectivity index (χ0) is 18.7. The maximum Gasteiger partial charge on any atom is 0.307 e. The van der Waals surface area contributed by atoms with E-state index in [9.17, 15) is 9.59 Å². The topological polar surface area (TPSA) is 55.8 Å². The molecule has 138 valence electrons. The van der Waals surface area contributed by atoms with Gasteiger partial charge >= 0.3 is 5.97 Å². The van der Waals surface area contributed by atoms with Crippen molar-refractivity contribution in [1.82, 2.24) is 4.90 Å². The third kappa shape index (κ3) is 8.38. The number of benzene rings is 1. The van der Waals surface area contributed by atoms with E-state index in [0.717, 1.165) is 24.2 Å². The molecule has 1 aromatic rings. The van der Waals surface area contributed by atoms with Crippen LogP contribution in [0.4, 0.5) is 0 Å². The summed E-state index contributed by atoms with van der Waals surface area (Å²) in [4.78, 5) is 25.5. The maximum atomic E-state index is 12.4. The fourth-order valence-electron chi connectivity index (χ4n) is 2.25. The number of hydrogen-bond donors (Lipinski definition) is 0. The first kappa shape index (κ1) is 20.7. The Bertz CT molecular complexity index is 581.